The van der Waals surface area contributed by atoms with Gasteiger partial charge in [0.1, 0.15) is 5.52 Å². The van der Waals surface area contributed by atoms with E-state index >= 15 is 0 Å². The Balaban J connectivity index is 1.51. The third-order valence-electron chi connectivity index (χ3n) is 4.46. The second kappa shape index (κ2) is 6.63. The Labute approximate surface area is 155 Å². The Hall–Kier alpha value is -2.98. The second-order valence-electron chi connectivity index (χ2n) is 6.11. The van der Waals surface area contributed by atoms with Crippen molar-refractivity contribution >= 4 is 32.8 Å². The molecular weight excluding hydrogens is 372 g/mol. The third-order valence-corrected chi connectivity index (χ3v) is 6.35. The Bertz CT molecular complexity index is 1070. The Morgan fingerprint density at radius 3 is 2.48 bits per heavy atom. The number of nitrogens with zero attached hydrogens (tertiary/aromatic N) is 4. The number of rotatable bonds is 4. The maximum Gasteiger partial charge on any atom is 0.298 e. The van der Waals surface area contributed by atoms with Crippen molar-refractivity contribution in [3.63, 3.8) is 0 Å². The van der Waals surface area contributed by atoms with Crippen molar-refractivity contribution in [1.29, 1.82) is 0 Å². The molecule has 3 aromatic rings. The summed E-state index contributed by atoms with van der Waals surface area (Å²) < 4.78 is 32.6. The topological polar surface area (TPSA) is 110 Å². The number of sulfonamides is 1. The molecule has 1 aliphatic heterocycles. The molecule has 0 N–H and O–H groups in total. The summed E-state index contributed by atoms with van der Waals surface area (Å²) in [6.07, 6.45) is 0. The molecule has 9 nitrogen and oxygen atoms in total. The largest absolute Gasteiger partial charge is 0.423 e. The number of piperazine rings is 1. The van der Waals surface area contributed by atoms with E-state index < -0.39 is 14.9 Å². The number of aromatic nitrogens is 1. The predicted octanol–water partition coefficient (Wildman–Crippen LogP) is 2.25. The zero-order valence-corrected chi connectivity index (χ0v) is 15.0. The average molecular weight is 388 g/mol. The molecule has 0 bridgehead atoms. The van der Waals surface area contributed by atoms with Gasteiger partial charge in [0.2, 0.25) is 10.0 Å². The van der Waals surface area contributed by atoms with E-state index in [-0.39, 0.29) is 23.7 Å². The van der Waals surface area contributed by atoms with Crippen LogP contribution in [0.5, 0.6) is 0 Å². The van der Waals surface area contributed by atoms with E-state index in [1.807, 2.05) is 29.2 Å². The fourth-order valence-electron chi connectivity index (χ4n) is 3.02. The lowest BCUT2D eigenvalue weighted by Gasteiger charge is -2.32. The molecule has 27 heavy (non-hydrogen) atoms. The van der Waals surface area contributed by atoms with Gasteiger partial charge in [0.05, 0.1) is 9.82 Å². The van der Waals surface area contributed by atoms with Crippen molar-refractivity contribution in [3.8, 4) is 0 Å². The fraction of sp³-hybridized carbons (Fsp3) is 0.235. The van der Waals surface area contributed by atoms with Gasteiger partial charge in [-0.1, -0.05) is 18.2 Å². The molecule has 0 unspecified atom stereocenters. The van der Waals surface area contributed by atoms with Gasteiger partial charge < -0.3 is 9.32 Å². The van der Waals surface area contributed by atoms with Crippen molar-refractivity contribution in [3.05, 3.63) is 58.6 Å². The van der Waals surface area contributed by atoms with Gasteiger partial charge in [-0.3, -0.25) is 10.1 Å². The number of benzene rings is 2. The van der Waals surface area contributed by atoms with E-state index in [0.29, 0.717) is 24.7 Å². The van der Waals surface area contributed by atoms with Crippen LogP contribution in [0.2, 0.25) is 0 Å². The molecule has 0 spiro atoms. The van der Waals surface area contributed by atoms with Gasteiger partial charge in [-0.05, 0) is 18.2 Å². The van der Waals surface area contributed by atoms with Crippen molar-refractivity contribution < 1.29 is 17.8 Å². The van der Waals surface area contributed by atoms with E-state index in [2.05, 4.69) is 4.98 Å². The van der Waals surface area contributed by atoms with Crippen LogP contribution in [0.15, 0.2) is 57.8 Å². The number of nitro benzene ring substituents is 1. The fourth-order valence-corrected chi connectivity index (χ4v) is 4.48. The van der Waals surface area contributed by atoms with Crippen LogP contribution in [0.4, 0.5) is 11.7 Å². The third kappa shape index (κ3) is 3.24. The van der Waals surface area contributed by atoms with Crippen LogP contribution in [0, 0.1) is 10.1 Å². The van der Waals surface area contributed by atoms with Crippen LogP contribution in [0.3, 0.4) is 0 Å². The number of anilines is 1. The minimum Gasteiger partial charge on any atom is -0.423 e. The van der Waals surface area contributed by atoms with E-state index in [1.165, 1.54) is 22.5 Å². The number of hydrogen-bond donors (Lipinski definition) is 0. The van der Waals surface area contributed by atoms with E-state index in [1.54, 1.807) is 0 Å². The van der Waals surface area contributed by atoms with Crippen LogP contribution in [0.25, 0.3) is 11.1 Å². The van der Waals surface area contributed by atoms with Gasteiger partial charge in [-0.25, -0.2) is 8.42 Å². The molecule has 0 radical (unpaired) electrons. The van der Waals surface area contributed by atoms with Crippen LogP contribution in [-0.2, 0) is 10.0 Å². The van der Waals surface area contributed by atoms with Gasteiger partial charge in [0.15, 0.2) is 5.58 Å². The molecule has 1 saturated heterocycles. The second-order valence-corrected chi connectivity index (χ2v) is 8.05. The minimum atomic E-state index is -3.80. The summed E-state index contributed by atoms with van der Waals surface area (Å²) in [7, 11) is -3.80. The van der Waals surface area contributed by atoms with Crippen molar-refractivity contribution in [1.82, 2.24) is 9.29 Å². The van der Waals surface area contributed by atoms with Crippen molar-refractivity contribution in [2.45, 2.75) is 4.90 Å². The molecule has 140 valence electrons. The first-order valence-electron chi connectivity index (χ1n) is 8.30. The molecule has 4 rings (SSSR count). The highest BCUT2D eigenvalue weighted by molar-refractivity contribution is 7.89. The van der Waals surface area contributed by atoms with E-state index in [4.69, 9.17) is 4.42 Å². The van der Waals surface area contributed by atoms with Crippen LogP contribution >= 0.6 is 0 Å². The first-order valence-corrected chi connectivity index (χ1v) is 9.74. The molecule has 2 aromatic carbocycles. The summed E-state index contributed by atoms with van der Waals surface area (Å²) in [5.41, 5.74) is 1.18. The van der Waals surface area contributed by atoms with E-state index in [9.17, 15) is 18.5 Å². The normalized spacial score (nSPS) is 15.9. The highest BCUT2D eigenvalue weighted by Crippen LogP contribution is 2.25. The lowest BCUT2D eigenvalue weighted by Crippen LogP contribution is -2.48. The zero-order chi connectivity index (χ0) is 19.0. The Morgan fingerprint density at radius 1 is 1.04 bits per heavy atom. The Morgan fingerprint density at radius 2 is 1.78 bits per heavy atom. The number of nitro groups is 1. The van der Waals surface area contributed by atoms with Gasteiger partial charge in [0.25, 0.3) is 11.7 Å². The molecule has 0 saturated carbocycles. The lowest BCUT2D eigenvalue weighted by molar-refractivity contribution is -0.385. The summed E-state index contributed by atoms with van der Waals surface area (Å²) in [4.78, 5) is 16.5. The maximum atomic E-state index is 12.8. The summed E-state index contributed by atoms with van der Waals surface area (Å²) in [6, 6.07) is 13.0. The minimum absolute atomic E-state index is 0.0768. The standard InChI is InChI=1S/C17H16N4O5S/c22-21(23)13-4-3-5-14(12-13)27(24,25)20-10-8-19(9-11-20)17-18-15-6-1-2-7-16(15)26-17/h1-7,12H,8-11H2. The van der Waals surface area contributed by atoms with Crippen molar-refractivity contribution in [2.24, 2.45) is 0 Å². The van der Waals surface area contributed by atoms with Gasteiger partial charge >= 0.3 is 0 Å². The number of oxazole rings is 1. The number of para-hydroxylation sites is 2. The lowest BCUT2D eigenvalue weighted by atomic mass is 10.3. The summed E-state index contributed by atoms with van der Waals surface area (Å²) in [5, 5.41) is 10.9. The van der Waals surface area contributed by atoms with Crippen LogP contribution in [-0.4, -0.2) is 48.8 Å². The highest BCUT2D eigenvalue weighted by Gasteiger charge is 2.30. The molecular formula is C17H16N4O5S. The highest BCUT2D eigenvalue weighted by atomic mass is 32.2. The summed E-state index contributed by atoms with van der Waals surface area (Å²) >= 11 is 0. The first-order chi connectivity index (χ1) is 12.9. The maximum absolute atomic E-state index is 12.8. The summed E-state index contributed by atoms with van der Waals surface area (Å²) in [5.74, 6) is 0. The molecule has 0 amide bonds. The average Bonchev–Trinajstić information content (AvgIpc) is 3.12. The number of non-ortho nitro benzene ring substituents is 1. The SMILES string of the molecule is O=[N+]([O-])c1cccc(S(=O)(=O)N2CCN(c3nc4ccccc4o3)CC2)c1. The number of hydrogen-bond acceptors (Lipinski definition) is 7. The quantitative estimate of drug-likeness (QED) is 0.498. The van der Waals surface area contributed by atoms with Crippen LogP contribution < -0.4 is 4.90 Å². The zero-order valence-electron chi connectivity index (χ0n) is 14.2. The molecule has 10 heteroatoms. The first kappa shape index (κ1) is 17.4. The molecule has 1 fully saturated rings. The van der Waals surface area contributed by atoms with Gasteiger partial charge in [-0.15, -0.1) is 0 Å². The van der Waals surface area contributed by atoms with Crippen LogP contribution in [0.1, 0.15) is 0 Å². The molecule has 1 aromatic heterocycles. The summed E-state index contributed by atoms with van der Waals surface area (Å²) in [6.45, 7) is 1.31. The monoisotopic (exact) mass is 388 g/mol. The Kier molecular flexibility index (Phi) is 4.28. The van der Waals surface area contributed by atoms with Gasteiger partial charge in [0, 0.05) is 38.3 Å². The number of fused-ring (bicyclic) bond motifs is 1. The molecule has 2 heterocycles. The smallest absolute Gasteiger partial charge is 0.298 e. The molecule has 0 aliphatic carbocycles. The predicted molar refractivity (Wildman–Crippen MR) is 98.1 cm³/mol. The van der Waals surface area contributed by atoms with Gasteiger partial charge in [-0.2, -0.15) is 9.29 Å². The van der Waals surface area contributed by atoms with E-state index in [0.717, 1.165) is 11.6 Å². The van der Waals surface area contributed by atoms with Crippen molar-refractivity contribution in [2.75, 3.05) is 31.1 Å². The molecule has 1 aliphatic rings. The molecule has 0 atom stereocenters.